The van der Waals surface area contributed by atoms with Crippen LogP contribution in [0.3, 0.4) is 0 Å². The number of urea groups is 1. The number of carbonyl (C=O) groups excluding carboxylic acids is 1. The number of hydrogen-bond donors (Lipinski definition) is 1. The lowest BCUT2D eigenvalue weighted by Gasteiger charge is -2.39. The molecule has 0 aliphatic heterocycles. The van der Waals surface area contributed by atoms with E-state index in [1.165, 1.54) is 17.7 Å². The Morgan fingerprint density at radius 1 is 1.14 bits per heavy atom. The molecule has 2 saturated carbocycles. The first-order chi connectivity index (χ1) is 16.7. The van der Waals surface area contributed by atoms with Crippen LogP contribution in [0, 0.1) is 23.1 Å². The van der Waals surface area contributed by atoms with Gasteiger partial charge >= 0.3 is 6.03 Å². The molecule has 2 aromatic carbocycles. The predicted molar refractivity (Wildman–Crippen MR) is 138 cm³/mol. The molecule has 2 aliphatic rings. The number of anilines is 1. The molecule has 2 aromatic rings. The van der Waals surface area contributed by atoms with Gasteiger partial charge in [0.05, 0.1) is 11.6 Å². The Hall–Kier alpha value is -2.91. The Kier molecular flexibility index (Phi) is 7.47. The van der Waals surface area contributed by atoms with Crippen molar-refractivity contribution >= 4 is 11.7 Å². The number of halogens is 1. The number of nitrogens with one attached hydrogen (secondary N) is 1. The minimum absolute atomic E-state index is 0.143. The summed E-state index contributed by atoms with van der Waals surface area (Å²) >= 11 is 0. The summed E-state index contributed by atoms with van der Waals surface area (Å²) in [4.78, 5) is 17.9. The number of benzene rings is 2. The van der Waals surface area contributed by atoms with E-state index < -0.39 is 0 Å². The highest BCUT2D eigenvalue weighted by molar-refractivity contribution is 5.89. The average molecular weight is 477 g/mol. The minimum Gasteiger partial charge on any atom is -0.320 e. The highest BCUT2D eigenvalue weighted by Gasteiger charge is 2.58. The zero-order chi connectivity index (χ0) is 25.2. The molecule has 4 rings (SSSR count). The molecule has 2 amide bonds. The van der Waals surface area contributed by atoms with E-state index >= 15 is 0 Å². The number of carbonyl (C=O) groups is 1. The summed E-state index contributed by atoms with van der Waals surface area (Å²) in [6, 6.07) is 17.1. The number of amides is 2. The number of rotatable bonds is 8. The van der Waals surface area contributed by atoms with Gasteiger partial charge in [0.1, 0.15) is 5.82 Å². The highest BCUT2D eigenvalue weighted by atomic mass is 19.1. The minimum atomic E-state index is -0.361. The molecule has 2 fully saturated rings. The van der Waals surface area contributed by atoms with Crippen LogP contribution in [0.25, 0.3) is 0 Å². The first kappa shape index (κ1) is 25.2. The van der Waals surface area contributed by atoms with Gasteiger partial charge in [0, 0.05) is 36.9 Å². The zero-order valence-electron chi connectivity index (χ0n) is 21.3. The fourth-order valence-corrected chi connectivity index (χ4v) is 6.09. The van der Waals surface area contributed by atoms with E-state index in [0.717, 1.165) is 32.2 Å². The topological polar surface area (TPSA) is 59.4 Å². The number of nitriles is 1. The van der Waals surface area contributed by atoms with Gasteiger partial charge in [-0.3, -0.25) is 4.90 Å². The number of fused-ring (bicyclic) bond motifs is 1. The molecule has 5 nitrogen and oxygen atoms in total. The first-order valence-electron chi connectivity index (χ1n) is 12.8. The monoisotopic (exact) mass is 476 g/mol. The van der Waals surface area contributed by atoms with Crippen molar-refractivity contribution in [1.82, 2.24) is 9.80 Å². The van der Waals surface area contributed by atoms with Crippen molar-refractivity contribution in [2.75, 3.05) is 18.4 Å². The lowest BCUT2D eigenvalue weighted by Crippen LogP contribution is -2.50. The average Bonchev–Trinajstić information content (AvgIpc) is 3.56. The fourth-order valence-electron chi connectivity index (χ4n) is 6.09. The SMILES string of the molecule is CC(C)N(CCN(C(=O)Nc1cccc(F)c1)[C@@H]1CC[C@@]2(c3cccc(C#N)c3)CC2C1)C(C)C. The maximum Gasteiger partial charge on any atom is 0.322 e. The van der Waals surface area contributed by atoms with Gasteiger partial charge in [0.2, 0.25) is 0 Å². The van der Waals surface area contributed by atoms with E-state index in [4.69, 9.17) is 0 Å². The maximum absolute atomic E-state index is 13.7. The highest BCUT2D eigenvalue weighted by Crippen LogP contribution is 2.62. The number of nitrogens with zero attached hydrogens (tertiary/aromatic N) is 3. The normalized spacial score (nSPS) is 23.2. The maximum atomic E-state index is 13.7. The molecule has 3 atom stereocenters. The summed E-state index contributed by atoms with van der Waals surface area (Å²) in [5.41, 5.74) is 2.61. The van der Waals surface area contributed by atoms with E-state index in [0.29, 0.717) is 35.8 Å². The second-order valence-corrected chi connectivity index (χ2v) is 10.7. The Labute approximate surface area is 208 Å². The standard InChI is InChI=1S/C29H37FN4O/c1-20(2)33(21(3)4)13-14-34(28(35)32-26-10-6-9-25(30)17-26)27-11-12-29(18-24(29)16-27)23-8-5-7-22(15-23)19-31/h5-10,15,17,20-21,24,27H,11-14,16,18H2,1-4H3,(H,32,35)/t24?,27-,29+/m1/s1. The molecular weight excluding hydrogens is 439 g/mol. The molecule has 0 heterocycles. The second-order valence-electron chi connectivity index (χ2n) is 10.7. The smallest absolute Gasteiger partial charge is 0.320 e. The van der Waals surface area contributed by atoms with Gasteiger partial charge in [-0.2, -0.15) is 5.26 Å². The summed E-state index contributed by atoms with van der Waals surface area (Å²) in [6.45, 7) is 10.2. The van der Waals surface area contributed by atoms with Crippen LogP contribution in [0.15, 0.2) is 48.5 Å². The van der Waals surface area contributed by atoms with Crippen molar-refractivity contribution in [3.05, 3.63) is 65.5 Å². The van der Waals surface area contributed by atoms with Crippen LogP contribution >= 0.6 is 0 Å². The zero-order valence-corrected chi connectivity index (χ0v) is 21.3. The van der Waals surface area contributed by atoms with Gasteiger partial charge in [-0.1, -0.05) is 18.2 Å². The first-order valence-corrected chi connectivity index (χ1v) is 12.8. The molecule has 2 aliphatic carbocycles. The van der Waals surface area contributed by atoms with Crippen molar-refractivity contribution in [2.24, 2.45) is 5.92 Å². The molecule has 186 valence electrons. The van der Waals surface area contributed by atoms with E-state index in [1.807, 2.05) is 23.1 Å². The number of hydrogen-bond acceptors (Lipinski definition) is 3. The van der Waals surface area contributed by atoms with Gasteiger partial charge in [-0.25, -0.2) is 9.18 Å². The van der Waals surface area contributed by atoms with Crippen LogP contribution < -0.4 is 5.32 Å². The molecule has 1 N–H and O–H groups in total. The van der Waals surface area contributed by atoms with Gasteiger partial charge in [-0.05, 0) is 101 Å². The van der Waals surface area contributed by atoms with Crippen molar-refractivity contribution < 1.29 is 9.18 Å². The van der Waals surface area contributed by atoms with Crippen molar-refractivity contribution in [3.8, 4) is 6.07 Å². The van der Waals surface area contributed by atoms with Crippen LogP contribution in [0.1, 0.15) is 64.5 Å². The Bertz CT molecular complexity index is 1090. The molecule has 35 heavy (non-hydrogen) atoms. The van der Waals surface area contributed by atoms with Gasteiger partial charge in [0.25, 0.3) is 0 Å². The molecule has 0 saturated heterocycles. The van der Waals surface area contributed by atoms with Crippen LogP contribution in [0.4, 0.5) is 14.9 Å². The lowest BCUT2D eigenvalue weighted by atomic mass is 9.80. The molecule has 0 radical (unpaired) electrons. The van der Waals surface area contributed by atoms with E-state index in [-0.39, 0.29) is 23.3 Å². The van der Waals surface area contributed by atoms with Gasteiger partial charge < -0.3 is 10.2 Å². The molecule has 0 aromatic heterocycles. The molecule has 0 bridgehead atoms. The molecule has 6 heteroatoms. The summed E-state index contributed by atoms with van der Waals surface area (Å²) in [5, 5.41) is 12.3. The summed E-state index contributed by atoms with van der Waals surface area (Å²) in [6.07, 6.45) is 4.00. The van der Waals surface area contributed by atoms with Crippen LogP contribution in [0.5, 0.6) is 0 Å². The summed E-state index contributed by atoms with van der Waals surface area (Å²) < 4.78 is 13.7. The van der Waals surface area contributed by atoms with Gasteiger partial charge in [0.15, 0.2) is 0 Å². The fraction of sp³-hybridized carbons (Fsp3) is 0.517. The molecular formula is C29H37FN4O. The summed E-state index contributed by atoms with van der Waals surface area (Å²) in [5.74, 6) is 0.158. The van der Waals surface area contributed by atoms with Crippen molar-refractivity contribution in [1.29, 1.82) is 5.26 Å². The third-order valence-electron chi connectivity index (χ3n) is 7.98. The van der Waals surface area contributed by atoms with Crippen LogP contribution in [0.2, 0.25) is 0 Å². The largest absolute Gasteiger partial charge is 0.322 e. The van der Waals surface area contributed by atoms with Crippen LogP contribution in [-0.4, -0.2) is 47.0 Å². The van der Waals surface area contributed by atoms with E-state index in [1.54, 1.807) is 12.1 Å². The Morgan fingerprint density at radius 2 is 1.89 bits per heavy atom. The Morgan fingerprint density at radius 3 is 2.54 bits per heavy atom. The van der Waals surface area contributed by atoms with Crippen molar-refractivity contribution in [2.45, 2.75) is 76.9 Å². The Balaban J connectivity index is 1.50. The molecule has 1 unspecified atom stereocenters. The van der Waals surface area contributed by atoms with E-state index in [2.05, 4.69) is 50.0 Å². The van der Waals surface area contributed by atoms with E-state index in [9.17, 15) is 14.4 Å². The molecule has 0 spiro atoms. The summed E-state index contributed by atoms with van der Waals surface area (Å²) in [7, 11) is 0. The van der Waals surface area contributed by atoms with Crippen LogP contribution in [-0.2, 0) is 5.41 Å². The quantitative estimate of drug-likeness (QED) is 0.496. The van der Waals surface area contributed by atoms with Gasteiger partial charge in [-0.15, -0.1) is 0 Å². The van der Waals surface area contributed by atoms with Crippen molar-refractivity contribution in [3.63, 3.8) is 0 Å². The third-order valence-corrected chi connectivity index (χ3v) is 7.98. The third kappa shape index (κ3) is 5.51. The predicted octanol–water partition coefficient (Wildman–Crippen LogP) is 6.16. The second kappa shape index (κ2) is 10.4. The lowest BCUT2D eigenvalue weighted by molar-refractivity contribution is 0.120.